The fourth-order valence-electron chi connectivity index (χ4n) is 1.96. The molecule has 5 nitrogen and oxygen atoms in total. The smallest absolute Gasteiger partial charge is 0.340 e. The average molecular weight is 323 g/mol. The minimum absolute atomic E-state index is 0.0763. The molecule has 22 heavy (non-hydrogen) atoms. The Hall–Kier alpha value is -2.41. The Kier molecular flexibility index (Phi) is 4.46. The predicted octanol–water partition coefficient (Wildman–Crippen LogP) is 2.44. The van der Waals surface area contributed by atoms with Crippen molar-refractivity contribution < 1.29 is 22.3 Å². The highest BCUT2D eigenvalue weighted by Gasteiger charge is 2.27. The number of hydrogen-bond donors (Lipinski definition) is 0. The Bertz CT molecular complexity index is 805. The second kappa shape index (κ2) is 6.15. The summed E-state index contributed by atoms with van der Waals surface area (Å²) in [5, 5.41) is 0. The Morgan fingerprint density at radius 3 is 2.32 bits per heavy atom. The predicted molar refractivity (Wildman–Crippen MR) is 79.8 cm³/mol. The molecule has 116 valence electrons. The van der Waals surface area contributed by atoms with Gasteiger partial charge in [-0.15, -0.1) is 0 Å². The summed E-state index contributed by atoms with van der Waals surface area (Å²) in [7, 11) is -1.68. The Balaban J connectivity index is 2.55. The lowest BCUT2D eigenvalue weighted by Gasteiger charge is -2.21. The first-order chi connectivity index (χ1) is 10.4. The van der Waals surface area contributed by atoms with E-state index in [1.807, 2.05) is 0 Å². The largest absolute Gasteiger partial charge is 0.465 e. The standard InChI is InChI=1S/C15H14FNO4S/c1-17(13-9-5-3-7-11(13)15(18)21-2)22(19,20)14-10-6-4-8-12(14)16/h3-10H,1-2H3. The summed E-state index contributed by atoms with van der Waals surface area (Å²) in [6, 6.07) is 11.1. The molecule has 0 aromatic heterocycles. The number of carbonyl (C=O) groups excluding carboxylic acids is 1. The molecule has 0 aliphatic carbocycles. The molecule has 0 saturated carbocycles. The van der Waals surface area contributed by atoms with Gasteiger partial charge in [0.25, 0.3) is 10.0 Å². The second-order valence-electron chi connectivity index (χ2n) is 4.41. The molecule has 0 bridgehead atoms. The van der Waals surface area contributed by atoms with E-state index in [2.05, 4.69) is 4.74 Å². The second-order valence-corrected chi connectivity index (χ2v) is 6.35. The van der Waals surface area contributed by atoms with E-state index in [1.54, 1.807) is 12.1 Å². The van der Waals surface area contributed by atoms with Gasteiger partial charge >= 0.3 is 5.97 Å². The van der Waals surface area contributed by atoms with Gasteiger partial charge in [-0.2, -0.15) is 0 Å². The zero-order chi connectivity index (χ0) is 16.3. The van der Waals surface area contributed by atoms with Crippen LogP contribution in [0.2, 0.25) is 0 Å². The fourth-order valence-corrected chi connectivity index (χ4v) is 3.24. The molecule has 0 aliphatic rings. The zero-order valence-electron chi connectivity index (χ0n) is 12.0. The normalized spacial score (nSPS) is 11.0. The van der Waals surface area contributed by atoms with E-state index < -0.39 is 26.7 Å². The van der Waals surface area contributed by atoms with Gasteiger partial charge in [-0.25, -0.2) is 17.6 Å². The van der Waals surface area contributed by atoms with Crippen LogP contribution in [-0.2, 0) is 14.8 Å². The summed E-state index contributed by atoms with van der Waals surface area (Å²) in [5.41, 5.74) is 0.185. The van der Waals surface area contributed by atoms with Gasteiger partial charge in [-0.05, 0) is 24.3 Å². The lowest BCUT2D eigenvalue weighted by molar-refractivity contribution is 0.0601. The number of methoxy groups -OCH3 is 1. The highest BCUT2D eigenvalue weighted by molar-refractivity contribution is 7.92. The monoisotopic (exact) mass is 323 g/mol. The van der Waals surface area contributed by atoms with E-state index in [0.29, 0.717) is 0 Å². The molecule has 0 spiro atoms. The highest BCUT2D eigenvalue weighted by Crippen LogP contribution is 2.27. The molecule has 2 aromatic carbocycles. The van der Waals surface area contributed by atoms with Gasteiger partial charge in [0.1, 0.15) is 10.7 Å². The number of rotatable bonds is 4. The van der Waals surface area contributed by atoms with Crippen LogP contribution in [-0.4, -0.2) is 28.5 Å². The van der Waals surface area contributed by atoms with Gasteiger partial charge in [0.05, 0.1) is 18.4 Å². The molecule has 0 heterocycles. The number of benzene rings is 2. The number of nitrogens with zero attached hydrogens (tertiary/aromatic N) is 1. The first-order valence-electron chi connectivity index (χ1n) is 6.30. The Morgan fingerprint density at radius 2 is 1.68 bits per heavy atom. The first-order valence-corrected chi connectivity index (χ1v) is 7.74. The number of halogens is 1. The third kappa shape index (κ3) is 2.80. The molecule has 0 N–H and O–H groups in total. The van der Waals surface area contributed by atoms with Crippen LogP contribution in [0.1, 0.15) is 10.4 Å². The van der Waals surface area contributed by atoms with Crippen molar-refractivity contribution in [3.63, 3.8) is 0 Å². The van der Waals surface area contributed by atoms with E-state index in [0.717, 1.165) is 10.4 Å². The van der Waals surface area contributed by atoms with Crippen molar-refractivity contribution in [2.75, 3.05) is 18.5 Å². The van der Waals surface area contributed by atoms with Gasteiger partial charge in [-0.3, -0.25) is 4.31 Å². The van der Waals surface area contributed by atoms with Crippen LogP contribution < -0.4 is 4.31 Å². The maximum Gasteiger partial charge on any atom is 0.340 e. The summed E-state index contributed by atoms with van der Waals surface area (Å²) in [5.74, 6) is -1.53. The molecule has 7 heteroatoms. The van der Waals surface area contributed by atoms with Gasteiger partial charge < -0.3 is 4.74 Å². The van der Waals surface area contributed by atoms with Crippen molar-refractivity contribution in [3.8, 4) is 0 Å². The molecule has 0 radical (unpaired) electrons. The van der Waals surface area contributed by atoms with Crippen LogP contribution in [0.25, 0.3) is 0 Å². The minimum atomic E-state index is -4.14. The van der Waals surface area contributed by atoms with Crippen molar-refractivity contribution in [3.05, 3.63) is 59.9 Å². The van der Waals surface area contributed by atoms with Crippen LogP contribution in [0, 0.1) is 5.82 Å². The van der Waals surface area contributed by atoms with Crippen LogP contribution in [0.4, 0.5) is 10.1 Å². The molecular weight excluding hydrogens is 309 g/mol. The quantitative estimate of drug-likeness (QED) is 0.811. The molecule has 0 aliphatic heterocycles. The number of para-hydroxylation sites is 1. The SMILES string of the molecule is COC(=O)c1ccccc1N(C)S(=O)(=O)c1ccccc1F. The van der Waals surface area contributed by atoms with Crippen LogP contribution in [0.3, 0.4) is 0 Å². The first kappa shape index (κ1) is 16.0. The maximum atomic E-state index is 13.8. The summed E-state index contributed by atoms with van der Waals surface area (Å²) in [6.45, 7) is 0. The average Bonchev–Trinajstić information content (AvgIpc) is 2.53. The molecule has 2 aromatic rings. The van der Waals surface area contributed by atoms with Gasteiger partial charge in [0, 0.05) is 7.05 Å². The molecule has 0 atom stereocenters. The molecule has 0 unspecified atom stereocenters. The number of ether oxygens (including phenoxy) is 1. The Morgan fingerprint density at radius 1 is 1.09 bits per heavy atom. The number of esters is 1. The lowest BCUT2D eigenvalue weighted by Crippen LogP contribution is -2.29. The van der Waals surface area contributed by atoms with E-state index >= 15 is 0 Å². The van der Waals surface area contributed by atoms with Crippen molar-refractivity contribution in [1.82, 2.24) is 0 Å². The summed E-state index contributed by atoms with van der Waals surface area (Å²) in [6.07, 6.45) is 0. The third-order valence-electron chi connectivity index (χ3n) is 3.12. The van der Waals surface area contributed by atoms with Crippen molar-refractivity contribution >= 4 is 21.7 Å². The molecule has 0 fully saturated rings. The summed E-state index contributed by atoms with van der Waals surface area (Å²) in [4.78, 5) is 11.3. The molecule has 2 rings (SSSR count). The minimum Gasteiger partial charge on any atom is -0.465 e. The van der Waals surface area contributed by atoms with Crippen molar-refractivity contribution in [1.29, 1.82) is 0 Å². The van der Waals surface area contributed by atoms with Gasteiger partial charge in [0.2, 0.25) is 0 Å². The third-order valence-corrected chi connectivity index (χ3v) is 4.93. The van der Waals surface area contributed by atoms with Crippen molar-refractivity contribution in [2.24, 2.45) is 0 Å². The van der Waals surface area contributed by atoms with E-state index in [1.165, 1.54) is 44.5 Å². The summed E-state index contributed by atoms with van der Waals surface area (Å²) < 4.78 is 44.4. The highest BCUT2D eigenvalue weighted by atomic mass is 32.2. The van der Waals surface area contributed by atoms with E-state index in [9.17, 15) is 17.6 Å². The van der Waals surface area contributed by atoms with Crippen LogP contribution in [0.5, 0.6) is 0 Å². The van der Waals surface area contributed by atoms with Crippen LogP contribution in [0.15, 0.2) is 53.4 Å². The van der Waals surface area contributed by atoms with Crippen molar-refractivity contribution in [2.45, 2.75) is 4.90 Å². The Labute approximate surface area is 128 Å². The molecule has 0 amide bonds. The number of carbonyl (C=O) groups is 1. The maximum absolute atomic E-state index is 13.8. The number of anilines is 1. The number of sulfonamides is 1. The van der Waals surface area contributed by atoms with Gasteiger partial charge in [0.15, 0.2) is 0 Å². The topological polar surface area (TPSA) is 63.7 Å². The molecular formula is C15H14FNO4S. The van der Waals surface area contributed by atoms with Crippen LogP contribution >= 0.6 is 0 Å². The van der Waals surface area contributed by atoms with E-state index in [4.69, 9.17) is 0 Å². The molecule has 0 saturated heterocycles. The number of hydrogen-bond acceptors (Lipinski definition) is 4. The fraction of sp³-hybridized carbons (Fsp3) is 0.133. The summed E-state index contributed by atoms with van der Waals surface area (Å²) >= 11 is 0. The van der Waals surface area contributed by atoms with Gasteiger partial charge in [-0.1, -0.05) is 24.3 Å². The zero-order valence-corrected chi connectivity index (χ0v) is 12.8. The lowest BCUT2D eigenvalue weighted by atomic mass is 10.2. The van der Waals surface area contributed by atoms with E-state index in [-0.39, 0.29) is 11.3 Å².